The minimum atomic E-state index is 0.0128. The van der Waals surface area contributed by atoms with Crippen molar-refractivity contribution in [2.24, 2.45) is 0 Å². The van der Waals surface area contributed by atoms with Gasteiger partial charge in [0.15, 0.2) is 0 Å². The largest absolute Gasteiger partial charge is 0.381 e. The number of hydrogen-bond donors (Lipinski definition) is 1. The summed E-state index contributed by atoms with van der Waals surface area (Å²) in [5, 5.41) is 3.23. The summed E-state index contributed by atoms with van der Waals surface area (Å²) in [5.74, 6) is 0. The zero-order chi connectivity index (χ0) is 17.5. The Balaban J connectivity index is 1.44. The van der Waals surface area contributed by atoms with Crippen LogP contribution in [0.2, 0.25) is 0 Å². The Hall–Kier alpha value is -1.59. The number of rotatable bonds is 3. The SMILES string of the molecule is CN(C)C1(CNC(=O)N2Cc3ccccc3C3(CC3)C2)CCOCC1. The van der Waals surface area contributed by atoms with Gasteiger partial charge in [-0.3, -0.25) is 0 Å². The third kappa shape index (κ3) is 3.04. The van der Waals surface area contributed by atoms with Gasteiger partial charge in [0, 0.05) is 43.8 Å². The van der Waals surface area contributed by atoms with E-state index in [1.54, 1.807) is 0 Å². The maximum Gasteiger partial charge on any atom is 0.317 e. The van der Waals surface area contributed by atoms with Crippen LogP contribution in [0.15, 0.2) is 24.3 Å². The molecule has 2 amide bonds. The highest BCUT2D eigenvalue weighted by molar-refractivity contribution is 5.75. The molecule has 1 spiro atoms. The van der Waals surface area contributed by atoms with Crippen LogP contribution in [-0.2, 0) is 16.7 Å². The second-order valence-corrected chi connectivity index (χ2v) is 8.18. The van der Waals surface area contributed by atoms with E-state index in [1.165, 1.54) is 24.0 Å². The number of ether oxygens (including phenoxy) is 1. The van der Waals surface area contributed by atoms with E-state index in [9.17, 15) is 4.79 Å². The number of benzene rings is 1. The highest BCUT2D eigenvalue weighted by Crippen LogP contribution is 2.52. The fraction of sp³-hybridized carbons (Fsp3) is 0.650. The molecule has 4 rings (SSSR count). The first-order valence-corrected chi connectivity index (χ1v) is 9.41. The van der Waals surface area contributed by atoms with E-state index < -0.39 is 0 Å². The van der Waals surface area contributed by atoms with Crippen LogP contribution in [0.5, 0.6) is 0 Å². The lowest BCUT2D eigenvalue weighted by atomic mass is 9.87. The van der Waals surface area contributed by atoms with E-state index in [-0.39, 0.29) is 17.0 Å². The van der Waals surface area contributed by atoms with E-state index in [4.69, 9.17) is 4.74 Å². The molecule has 1 aliphatic carbocycles. The first-order valence-electron chi connectivity index (χ1n) is 9.41. The summed E-state index contributed by atoms with van der Waals surface area (Å²) in [6.07, 6.45) is 4.33. The van der Waals surface area contributed by atoms with Crippen molar-refractivity contribution in [3.05, 3.63) is 35.4 Å². The number of nitrogens with zero attached hydrogens (tertiary/aromatic N) is 2. The van der Waals surface area contributed by atoms with Gasteiger partial charge in [0.25, 0.3) is 0 Å². The summed E-state index contributed by atoms with van der Waals surface area (Å²) in [6.45, 7) is 3.81. The van der Waals surface area contributed by atoms with Crippen molar-refractivity contribution in [3.63, 3.8) is 0 Å². The number of carbonyl (C=O) groups is 1. The highest BCUT2D eigenvalue weighted by Gasteiger charge is 2.50. The maximum absolute atomic E-state index is 12.9. The number of fused-ring (bicyclic) bond motifs is 2. The van der Waals surface area contributed by atoms with Gasteiger partial charge in [0.05, 0.1) is 0 Å². The standard InChI is InChI=1S/C20H29N3O2/c1-22(2)20(9-11-25-12-10-20)14-21-18(24)23-13-16-5-3-4-6-17(16)19(15-23)7-8-19/h3-6H,7-15H2,1-2H3,(H,21,24). The molecule has 2 heterocycles. The Kier molecular flexibility index (Phi) is 4.24. The summed E-state index contributed by atoms with van der Waals surface area (Å²) in [7, 11) is 4.21. The van der Waals surface area contributed by atoms with Crippen molar-refractivity contribution >= 4 is 6.03 Å². The van der Waals surface area contributed by atoms with Crippen LogP contribution in [0.4, 0.5) is 4.79 Å². The molecule has 1 aromatic rings. The average Bonchev–Trinajstić information content (AvgIpc) is 3.40. The molecule has 1 saturated carbocycles. The van der Waals surface area contributed by atoms with Crippen LogP contribution in [0.1, 0.15) is 36.8 Å². The number of hydrogen-bond acceptors (Lipinski definition) is 3. The Morgan fingerprint density at radius 1 is 1.20 bits per heavy atom. The quantitative estimate of drug-likeness (QED) is 0.916. The van der Waals surface area contributed by atoms with Crippen molar-refractivity contribution in [1.29, 1.82) is 0 Å². The number of nitrogens with one attached hydrogen (secondary N) is 1. The second kappa shape index (κ2) is 6.29. The minimum absolute atomic E-state index is 0.0128. The Bertz CT molecular complexity index is 648. The van der Waals surface area contributed by atoms with Gasteiger partial charge in [0.2, 0.25) is 0 Å². The van der Waals surface area contributed by atoms with E-state index in [2.05, 4.69) is 48.6 Å². The zero-order valence-corrected chi connectivity index (χ0v) is 15.4. The molecular formula is C20H29N3O2. The molecule has 5 nitrogen and oxygen atoms in total. The number of urea groups is 1. The lowest BCUT2D eigenvalue weighted by molar-refractivity contribution is -0.00632. The van der Waals surface area contributed by atoms with Crippen LogP contribution in [0.3, 0.4) is 0 Å². The summed E-state index contributed by atoms with van der Waals surface area (Å²) < 4.78 is 5.52. The lowest BCUT2D eigenvalue weighted by Crippen LogP contribution is -2.57. The third-order valence-electron chi connectivity index (χ3n) is 6.53. The molecule has 0 bridgehead atoms. The van der Waals surface area contributed by atoms with Crippen LogP contribution >= 0.6 is 0 Å². The van der Waals surface area contributed by atoms with Crippen molar-refractivity contribution < 1.29 is 9.53 Å². The molecule has 1 aromatic carbocycles. The van der Waals surface area contributed by atoms with Crippen molar-refractivity contribution in [3.8, 4) is 0 Å². The van der Waals surface area contributed by atoms with Gasteiger partial charge < -0.3 is 19.9 Å². The van der Waals surface area contributed by atoms with Crippen LogP contribution in [-0.4, -0.2) is 61.8 Å². The molecule has 1 N–H and O–H groups in total. The van der Waals surface area contributed by atoms with E-state index >= 15 is 0 Å². The summed E-state index contributed by atoms with van der Waals surface area (Å²) in [5.41, 5.74) is 3.02. The topological polar surface area (TPSA) is 44.8 Å². The minimum Gasteiger partial charge on any atom is -0.381 e. The maximum atomic E-state index is 12.9. The van der Waals surface area contributed by atoms with Crippen molar-refractivity contribution in [2.75, 3.05) is 40.4 Å². The van der Waals surface area contributed by atoms with E-state index in [0.29, 0.717) is 6.54 Å². The molecule has 0 unspecified atom stereocenters. The predicted molar refractivity (Wildman–Crippen MR) is 97.6 cm³/mol. The molecule has 0 aromatic heterocycles. The van der Waals surface area contributed by atoms with Gasteiger partial charge in [0.1, 0.15) is 0 Å². The third-order valence-corrected chi connectivity index (χ3v) is 6.53. The van der Waals surface area contributed by atoms with Gasteiger partial charge in [-0.2, -0.15) is 0 Å². The molecule has 2 aliphatic heterocycles. The molecule has 0 radical (unpaired) electrons. The number of carbonyl (C=O) groups excluding carboxylic acids is 1. The van der Waals surface area contributed by atoms with E-state index in [1.807, 2.05) is 4.90 Å². The Labute approximate surface area is 150 Å². The summed E-state index contributed by atoms with van der Waals surface area (Å²) >= 11 is 0. The molecule has 0 atom stereocenters. The lowest BCUT2D eigenvalue weighted by Gasteiger charge is -2.43. The molecule has 136 valence electrons. The van der Waals surface area contributed by atoms with Gasteiger partial charge in [-0.15, -0.1) is 0 Å². The zero-order valence-electron chi connectivity index (χ0n) is 15.4. The molecular weight excluding hydrogens is 314 g/mol. The predicted octanol–water partition coefficient (Wildman–Crippen LogP) is 2.35. The Morgan fingerprint density at radius 2 is 1.92 bits per heavy atom. The molecule has 2 fully saturated rings. The highest BCUT2D eigenvalue weighted by atomic mass is 16.5. The van der Waals surface area contributed by atoms with E-state index in [0.717, 1.165) is 39.1 Å². The second-order valence-electron chi connectivity index (χ2n) is 8.18. The van der Waals surface area contributed by atoms with Gasteiger partial charge in [-0.05, 0) is 50.9 Å². The van der Waals surface area contributed by atoms with Crippen molar-refractivity contribution in [2.45, 2.75) is 43.2 Å². The molecule has 1 saturated heterocycles. The molecule has 3 aliphatic rings. The summed E-state index contributed by atoms with van der Waals surface area (Å²) in [4.78, 5) is 17.2. The molecule has 5 heteroatoms. The smallest absolute Gasteiger partial charge is 0.317 e. The number of likely N-dealkylation sites (N-methyl/N-ethyl adjacent to an activating group) is 1. The van der Waals surface area contributed by atoms with Gasteiger partial charge in [-0.25, -0.2) is 4.79 Å². The normalized spacial score (nSPS) is 23.4. The monoisotopic (exact) mass is 343 g/mol. The summed E-state index contributed by atoms with van der Waals surface area (Å²) in [6, 6.07) is 8.71. The molecule has 25 heavy (non-hydrogen) atoms. The van der Waals surface area contributed by atoms with Crippen LogP contribution in [0, 0.1) is 0 Å². The first-order chi connectivity index (χ1) is 12.0. The fourth-order valence-electron chi connectivity index (χ4n) is 4.49. The average molecular weight is 343 g/mol. The number of amides is 2. The first kappa shape index (κ1) is 16.9. The Morgan fingerprint density at radius 3 is 2.60 bits per heavy atom. The van der Waals surface area contributed by atoms with Gasteiger partial charge >= 0.3 is 6.03 Å². The van der Waals surface area contributed by atoms with Crippen molar-refractivity contribution in [1.82, 2.24) is 15.1 Å². The van der Waals surface area contributed by atoms with Gasteiger partial charge in [-0.1, -0.05) is 24.3 Å². The van der Waals surface area contributed by atoms with Crippen LogP contribution in [0.25, 0.3) is 0 Å². The fourth-order valence-corrected chi connectivity index (χ4v) is 4.49. The van der Waals surface area contributed by atoms with Crippen LogP contribution < -0.4 is 5.32 Å².